The van der Waals surface area contributed by atoms with Crippen molar-refractivity contribution in [3.8, 4) is 5.75 Å². The lowest BCUT2D eigenvalue weighted by Gasteiger charge is -2.32. The van der Waals surface area contributed by atoms with Crippen LogP contribution in [0.3, 0.4) is 0 Å². The van der Waals surface area contributed by atoms with Gasteiger partial charge in [0.15, 0.2) is 5.78 Å². The maximum absolute atomic E-state index is 13.3. The molecule has 26 heavy (non-hydrogen) atoms. The molecule has 3 rings (SSSR count). The van der Waals surface area contributed by atoms with Crippen LogP contribution >= 0.6 is 23.1 Å². The molecule has 1 aliphatic heterocycles. The first-order valence-electron chi connectivity index (χ1n) is 8.45. The van der Waals surface area contributed by atoms with E-state index < -0.39 is 5.82 Å². The van der Waals surface area contributed by atoms with Crippen LogP contribution < -0.4 is 4.74 Å². The third-order valence-electron chi connectivity index (χ3n) is 4.19. The van der Waals surface area contributed by atoms with Gasteiger partial charge in [-0.25, -0.2) is 4.39 Å². The Balaban J connectivity index is 1.56. The zero-order valence-corrected chi connectivity index (χ0v) is 16.5. The molecular formula is C19H22FNO3S2. The largest absolute Gasteiger partial charge is 0.490 e. The summed E-state index contributed by atoms with van der Waals surface area (Å²) in [6.45, 7) is 4.95. The lowest BCUT2D eigenvalue weighted by atomic mass is 10.1. The maximum atomic E-state index is 13.3. The first-order valence-corrected chi connectivity index (χ1v) is 10.5. The van der Waals surface area contributed by atoms with E-state index in [1.807, 2.05) is 11.3 Å². The van der Waals surface area contributed by atoms with Gasteiger partial charge in [-0.05, 0) is 43.5 Å². The van der Waals surface area contributed by atoms with Crippen molar-refractivity contribution in [2.24, 2.45) is 0 Å². The Kier molecular flexibility index (Phi) is 6.69. The van der Waals surface area contributed by atoms with Crippen LogP contribution in [0.2, 0.25) is 0 Å². The summed E-state index contributed by atoms with van der Waals surface area (Å²) >= 11 is 3.58. The predicted molar refractivity (Wildman–Crippen MR) is 103 cm³/mol. The summed E-state index contributed by atoms with van der Waals surface area (Å²) in [7, 11) is 0. The summed E-state index contributed by atoms with van der Waals surface area (Å²) < 4.78 is 26.2. The third-order valence-corrected chi connectivity index (χ3v) is 6.34. The molecule has 1 aromatic heterocycles. The van der Waals surface area contributed by atoms with Gasteiger partial charge >= 0.3 is 0 Å². The second-order valence-corrected chi connectivity index (χ2v) is 8.44. The average molecular weight is 396 g/mol. The van der Waals surface area contributed by atoms with Crippen molar-refractivity contribution in [2.75, 3.05) is 32.6 Å². The minimum atomic E-state index is -0.441. The molecule has 1 saturated heterocycles. The number of carbonyl (C=O) groups excluding carboxylic acids is 1. The van der Waals surface area contributed by atoms with Gasteiger partial charge in [0, 0.05) is 24.5 Å². The molecule has 0 spiro atoms. The molecule has 1 aliphatic rings. The number of Topliss-reactive ketones (excluding diaryl/α,β-unsaturated/α-hetero) is 1. The smallest absolute Gasteiger partial charge is 0.163 e. The van der Waals surface area contributed by atoms with Gasteiger partial charge in [-0.3, -0.25) is 9.69 Å². The Morgan fingerprint density at radius 2 is 2.27 bits per heavy atom. The van der Waals surface area contributed by atoms with Crippen molar-refractivity contribution in [1.82, 2.24) is 4.90 Å². The lowest BCUT2D eigenvalue weighted by Crippen LogP contribution is -2.44. The van der Waals surface area contributed by atoms with E-state index in [2.05, 4.69) is 23.3 Å². The van der Waals surface area contributed by atoms with Crippen LogP contribution in [0, 0.1) is 5.82 Å². The number of hydrogen-bond acceptors (Lipinski definition) is 6. The Labute approximate surface area is 161 Å². The average Bonchev–Trinajstić information content (AvgIpc) is 3.08. The highest BCUT2D eigenvalue weighted by Crippen LogP contribution is 2.27. The summed E-state index contributed by atoms with van der Waals surface area (Å²) in [5.74, 6) is -0.251. The van der Waals surface area contributed by atoms with Crippen molar-refractivity contribution >= 4 is 28.9 Å². The van der Waals surface area contributed by atoms with E-state index in [0.717, 1.165) is 19.6 Å². The highest BCUT2D eigenvalue weighted by Gasteiger charge is 2.22. The fraction of sp³-hybridized carbons (Fsp3) is 0.421. The van der Waals surface area contributed by atoms with Crippen LogP contribution in [0.15, 0.2) is 34.5 Å². The van der Waals surface area contributed by atoms with E-state index in [4.69, 9.17) is 9.47 Å². The van der Waals surface area contributed by atoms with E-state index in [0.29, 0.717) is 19.0 Å². The molecule has 0 saturated carbocycles. The van der Waals surface area contributed by atoms with Gasteiger partial charge in [0.25, 0.3) is 0 Å². The van der Waals surface area contributed by atoms with Crippen LogP contribution in [0.1, 0.15) is 22.2 Å². The van der Waals surface area contributed by atoms with Crippen LogP contribution in [-0.4, -0.2) is 49.3 Å². The molecule has 1 fully saturated rings. The molecule has 1 atom stereocenters. The minimum absolute atomic E-state index is 0.0754. The Hall–Kier alpha value is -1.41. The summed E-state index contributed by atoms with van der Waals surface area (Å²) in [5.41, 5.74) is 0.265. The second-order valence-electron chi connectivity index (χ2n) is 6.16. The number of ether oxygens (including phenoxy) is 2. The molecule has 2 heterocycles. The highest BCUT2D eigenvalue weighted by atomic mass is 32.2. The predicted octanol–water partition coefficient (Wildman–Crippen LogP) is 4.09. The molecule has 140 valence electrons. The molecule has 4 nitrogen and oxygen atoms in total. The van der Waals surface area contributed by atoms with E-state index in [1.165, 1.54) is 34.2 Å². The number of benzene rings is 1. The summed E-state index contributed by atoms with van der Waals surface area (Å²) in [5, 5.41) is 0. The van der Waals surface area contributed by atoms with Crippen molar-refractivity contribution in [1.29, 1.82) is 0 Å². The van der Waals surface area contributed by atoms with E-state index >= 15 is 0 Å². The molecular weight excluding hydrogens is 373 g/mol. The van der Waals surface area contributed by atoms with Crippen molar-refractivity contribution in [3.05, 3.63) is 46.6 Å². The summed E-state index contributed by atoms with van der Waals surface area (Å²) in [4.78, 5) is 15.4. The number of thioether (sulfide) groups is 1. The number of rotatable bonds is 7. The molecule has 7 heteroatoms. The van der Waals surface area contributed by atoms with Crippen LogP contribution in [0.25, 0.3) is 0 Å². The number of ketones is 1. The fourth-order valence-electron chi connectivity index (χ4n) is 2.88. The van der Waals surface area contributed by atoms with Gasteiger partial charge in [0.2, 0.25) is 0 Å². The summed E-state index contributed by atoms with van der Waals surface area (Å²) in [6, 6.07) is 8.35. The minimum Gasteiger partial charge on any atom is -0.490 e. The van der Waals surface area contributed by atoms with Gasteiger partial charge in [-0.1, -0.05) is 0 Å². The molecule has 0 radical (unpaired) electrons. The van der Waals surface area contributed by atoms with Crippen LogP contribution in [-0.2, 0) is 11.3 Å². The Morgan fingerprint density at radius 1 is 1.42 bits per heavy atom. The molecule has 0 N–H and O–H groups in total. The van der Waals surface area contributed by atoms with E-state index in [-0.39, 0.29) is 17.5 Å². The molecule has 1 unspecified atom stereocenters. The van der Waals surface area contributed by atoms with E-state index in [1.54, 1.807) is 11.8 Å². The number of carbonyl (C=O) groups is 1. The number of halogens is 1. The van der Waals surface area contributed by atoms with Crippen LogP contribution in [0.4, 0.5) is 4.39 Å². The standard InChI is InChI=1S/C19H22FNO3S2/c1-13(22)17-9-14(20)3-5-18(17)24-12-15-10-21(7-8-23-15)11-16-4-6-19(25-2)26-16/h3-6,9,15H,7-8,10-12H2,1-2H3. The number of hydrogen-bond donors (Lipinski definition) is 0. The quantitative estimate of drug-likeness (QED) is 0.522. The SMILES string of the molecule is CSc1ccc(CN2CCOC(COc3ccc(F)cc3C(C)=O)C2)s1. The molecule has 1 aromatic carbocycles. The number of thiophene rings is 1. The summed E-state index contributed by atoms with van der Waals surface area (Å²) in [6.07, 6.45) is 2.01. The number of morpholine rings is 1. The van der Waals surface area contributed by atoms with E-state index in [9.17, 15) is 9.18 Å². The first kappa shape index (κ1) is 19.4. The van der Waals surface area contributed by atoms with Gasteiger partial charge in [0.1, 0.15) is 24.3 Å². The zero-order chi connectivity index (χ0) is 18.5. The fourth-order valence-corrected chi connectivity index (χ4v) is 4.52. The third kappa shape index (κ3) is 5.07. The monoisotopic (exact) mass is 395 g/mol. The Bertz CT molecular complexity index is 765. The molecule has 0 aliphatic carbocycles. The van der Waals surface area contributed by atoms with Crippen LogP contribution in [0.5, 0.6) is 5.75 Å². The zero-order valence-electron chi connectivity index (χ0n) is 14.9. The molecule has 0 amide bonds. The number of nitrogens with zero attached hydrogens (tertiary/aromatic N) is 1. The van der Waals surface area contributed by atoms with Crippen molar-refractivity contribution < 1.29 is 18.7 Å². The lowest BCUT2D eigenvalue weighted by molar-refractivity contribution is -0.0502. The second kappa shape index (κ2) is 8.99. The molecule has 0 bridgehead atoms. The normalized spacial score (nSPS) is 18.0. The maximum Gasteiger partial charge on any atom is 0.163 e. The van der Waals surface area contributed by atoms with Gasteiger partial charge < -0.3 is 9.47 Å². The molecule has 2 aromatic rings. The van der Waals surface area contributed by atoms with Gasteiger partial charge in [0.05, 0.1) is 16.4 Å². The van der Waals surface area contributed by atoms with Gasteiger partial charge in [-0.2, -0.15) is 0 Å². The van der Waals surface area contributed by atoms with Gasteiger partial charge in [-0.15, -0.1) is 23.1 Å². The van der Waals surface area contributed by atoms with Crippen molar-refractivity contribution in [2.45, 2.75) is 23.8 Å². The Morgan fingerprint density at radius 3 is 3.00 bits per heavy atom. The first-order chi connectivity index (χ1) is 12.5. The topological polar surface area (TPSA) is 38.8 Å². The van der Waals surface area contributed by atoms with Crippen molar-refractivity contribution in [3.63, 3.8) is 0 Å². The highest BCUT2D eigenvalue weighted by molar-refractivity contribution is 8.00.